The van der Waals surface area contributed by atoms with E-state index in [4.69, 9.17) is 0 Å². The first-order valence-corrected chi connectivity index (χ1v) is 7.20. The van der Waals surface area contributed by atoms with Gasteiger partial charge in [-0.25, -0.2) is 8.42 Å². The molecule has 1 atom stereocenters. The van der Waals surface area contributed by atoms with Gasteiger partial charge >= 0.3 is 0 Å². The van der Waals surface area contributed by atoms with Crippen LogP contribution in [0.5, 0.6) is 0 Å². The summed E-state index contributed by atoms with van der Waals surface area (Å²) < 4.78 is 22.9. The van der Waals surface area contributed by atoms with Crippen molar-refractivity contribution in [3.63, 3.8) is 0 Å². The summed E-state index contributed by atoms with van der Waals surface area (Å²) in [7, 11) is -3.51. The van der Waals surface area contributed by atoms with Crippen molar-refractivity contribution in [3.05, 3.63) is 39.9 Å². The first kappa shape index (κ1) is 14.3. The molecule has 0 heterocycles. The fourth-order valence-corrected chi connectivity index (χ4v) is 2.77. The molecule has 1 unspecified atom stereocenters. The lowest BCUT2D eigenvalue weighted by atomic mass is 10.1. The number of ketones is 1. The molecule has 18 heavy (non-hydrogen) atoms. The number of nitro groups is 1. The van der Waals surface area contributed by atoms with Crippen LogP contribution in [0.3, 0.4) is 0 Å². The summed E-state index contributed by atoms with van der Waals surface area (Å²) in [4.78, 5) is 22.0. The van der Waals surface area contributed by atoms with Crippen molar-refractivity contribution in [1.29, 1.82) is 0 Å². The highest BCUT2D eigenvalue weighted by Gasteiger charge is 2.28. The Hall–Kier alpha value is -1.76. The summed E-state index contributed by atoms with van der Waals surface area (Å²) in [6.45, 7) is 1.58. The first-order chi connectivity index (χ1) is 8.27. The summed E-state index contributed by atoms with van der Waals surface area (Å²) in [5, 5.41) is 9.43. The van der Waals surface area contributed by atoms with Gasteiger partial charge in [-0.05, 0) is 6.42 Å². The zero-order valence-corrected chi connectivity index (χ0v) is 10.8. The second-order valence-electron chi connectivity index (χ2n) is 3.90. The Balaban J connectivity index is 3.18. The van der Waals surface area contributed by atoms with E-state index in [0.717, 1.165) is 12.3 Å². The highest BCUT2D eigenvalue weighted by Crippen LogP contribution is 2.18. The fourth-order valence-electron chi connectivity index (χ4n) is 1.64. The van der Waals surface area contributed by atoms with E-state index in [9.17, 15) is 23.3 Å². The molecule has 1 aromatic rings. The van der Waals surface area contributed by atoms with Crippen LogP contribution in [0.4, 0.5) is 5.69 Å². The van der Waals surface area contributed by atoms with E-state index >= 15 is 0 Å². The van der Waals surface area contributed by atoms with Gasteiger partial charge in [0.1, 0.15) is 5.25 Å². The second kappa shape index (κ2) is 5.26. The Morgan fingerprint density at radius 3 is 2.50 bits per heavy atom. The van der Waals surface area contributed by atoms with Gasteiger partial charge in [0.25, 0.3) is 5.69 Å². The predicted octanol–water partition coefficient (Wildman–Crippen LogP) is 1.60. The molecule has 0 aliphatic heterocycles. The van der Waals surface area contributed by atoms with Crippen LogP contribution < -0.4 is 0 Å². The van der Waals surface area contributed by atoms with E-state index in [1.54, 1.807) is 6.92 Å². The number of nitro benzene ring substituents is 1. The van der Waals surface area contributed by atoms with E-state index in [1.807, 2.05) is 0 Å². The molecule has 6 nitrogen and oxygen atoms in total. The average molecular weight is 271 g/mol. The van der Waals surface area contributed by atoms with Crippen molar-refractivity contribution in [3.8, 4) is 0 Å². The standard InChI is InChI=1S/C11H13NO5S/c1-3-10(18(2,16)17)11(13)8-5-4-6-9(7-8)12(14)15/h4-7,10H,3H2,1-2H3. The Bertz CT molecular complexity index is 579. The third-order valence-electron chi connectivity index (χ3n) is 2.52. The molecule has 0 radical (unpaired) electrons. The first-order valence-electron chi connectivity index (χ1n) is 5.25. The summed E-state index contributed by atoms with van der Waals surface area (Å²) in [6.07, 6.45) is 1.12. The van der Waals surface area contributed by atoms with Crippen LogP contribution in [-0.4, -0.2) is 30.6 Å². The van der Waals surface area contributed by atoms with Crippen LogP contribution in [0, 0.1) is 10.1 Å². The summed E-state index contributed by atoms with van der Waals surface area (Å²) in [5.41, 5.74) is -0.189. The zero-order valence-electron chi connectivity index (χ0n) is 9.99. The predicted molar refractivity (Wildman–Crippen MR) is 66.3 cm³/mol. The molecule has 0 spiro atoms. The average Bonchev–Trinajstić information content (AvgIpc) is 2.28. The van der Waals surface area contributed by atoms with E-state index in [1.165, 1.54) is 18.2 Å². The monoisotopic (exact) mass is 271 g/mol. The van der Waals surface area contributed by atoms with Gasteiger partial charge in [0.05, 0.1) is 4.92 Å². The number of Topliss-reactive ketones (excluding diaryl/α,β-unsaturated/α-hetero) is 1. The Labute approximate surface area is 105 Å². The maximum atomic E-state index is 12.0. The zero-order chi connectivity index (χ0) is 13.9. The number of rotatable bonds is 5. The van der Waals surface area contributed by atoms with E-state index < -0.39 is 25.8 Å². The Kier molecular flexibility index (Phi) is 4.18. The summed E-state index contributed by atoms with van der Waals surface area (Å²) >= 11 is 0. The molecule has 0 N–H and O–H groups in total. The van der Waals surface area contributed by atoms with Crippen molar-refractivity contribution >= 4 is 21.3 Å². The molecular weight excluding hydrogens is 258 g/mol. The number of hydrogen-bond donors (Lipinski definition) is 0. The SMILES string of the molecule is CCC(C(=O)c1cccc([N+](=O)[O-])c1)S(C)(=O)=O. The summed E-state index contributed by atoms with van der Waals surface area (Å²) in [6, 6.07) is 5.08. The van der Waals surface area contributed by atoms with E-state index in [2.05, 4.69) is 0 Å². The Morgan fingerprint density at radius 1 is 1.44 bits per heavy atom. The molecule has 0 saturated carbocycles. The lowest BCUT2D eigenvalue weighted by Crippen LogP contribution is -2.28. The van der Waals surface area contributed by atoms with Crippen molar-refractivity contribution in [2.45, 2.75) is 18.6 Å². The third kappa shape index (κ3) is 3.13. The maximum Gasteiger partial charge on any atom is 0.270 e. The molecular formula is C11H13NO5S. The molecule has 0 amide bonds. The van der Waals surface area contributed by atoms with Crippen LogP contribution in [0.2, 0.25) is 0 Å². The van der Waals surface area contributed by atoms with Crippen LogP contribution in [-0.2, 0) is 9.84 Å². The lowest BCUT2D eigenvalue weighted by molar-refractivity contribution is -0.384. The van der Waals surface area contributed by atoms with Crippen LogP contribution >= 0.6 is 0 Å². The number of nitrogens with zero attached hydrogens (tertiary/aromatic N) is 1. The van der Waals surface area contributed by atoms with Gasteiger partial charge in [0.15, 0.2) is 15.6 Å². The molecule has 7 heteroatoms. The van der Waals surface area contributed by atoms with E-state index in [-0.39, 0.29) is 17.7 Å². The van der Waals surface area contributed by atoms with Crippen molar-refractivity contribution in [1.82, 2.24) is 0 Å². The molecule has 1 rings (SSSR count). The third-order valence-corrected chi connectivity index (χ3v) is 4.10. The molecule has 0 saturated heterocycles. The quantitative estimate of drug-likeness (QED) is 0.460. The molecule has 0 bridgehead atoms. The van der Waals surface area contributed by atoms with Crippen LogP contribution in [0.25, 0.3) is 0 Å². The lowest BCUT2D eigenvalue weighted by Gasteiger charge is -2.11. The largest absolute Gasteiger partial charge is 0.293 e. The second-order valence-corrected chi connectivity index (χ2v) is 6.13. The van der Waals surface area contributed by atoms with Gasteiger partial charge in [0.2, 0.25) is 0 Å². The number of benzene rings is 1. The summed E-state index contributed by atoms with van der Waals surface area (Å²) in [5.74, 6) is -0.608. The number of carbonyl (C=O) groups is 1. The van der Waals surface area contributed by atoms with Gasteiger partial charge in [-0.15, -0.1) is 0 Å². The number of hydrogen-bond acceptors (Lipinski definition) is 5. The molecule has 0 aromatic heterocycles. The van der Waals surface area contributed by atoms with E-state index in [0.29, 0.717) is 0 Å². The number of non-ortho nitro benzene ring substituents is 1. The van der Waals surface area contributed by atoms with Crippen molar-refractivity contribution in [2.75, 3.05) is 6.26 Å². The molecule has 0 aliphatic rings. The smallest absolute Gasteiger partial charge is 0.270 e. The highest BCUT2D eigenvalue weighted by molar-refractivity contribution is 7.92. The molecule has 0 fully saturated rings. The number of sulfone groups is 1. The Morgan fingerprint density at radius 2 is 2.06 bits per heavy atom. The van der Waals surface area contributed by atoms with Gasteiger partial charge < -0.3 is 0 Å². The molecule has 0 aliphatic carbocycles. The fraction of sp³-hybridized carbons (Fsp3) is 0.364. The van der Waals surface area contributed by atoms with Gasteiger partial charge in [0, 0.05) is 24.0 Å². The number of carbonyl (C=O) groups excluding carboxylic acids is 1. The van der Waals surface area contributed by atoms with Gasteiger partial charge in [-0.3, -0.25) is 14.9 Å². The van der Waals surface area contributed by atoms with Crippen molar-refractivity contribution in [2.24, 2.45) is 0 Å². The molecule has 1 aromatic carbocycles. The highest BCUT2D eigenvalue weighted by atomic mass is 32.2. The normalized spacial score (nSPS) is 13.0. The minimum absolute atomic E-state index is 0.0430. The van der Waals surface area contributed by atoms with Crippen molar-refractivity contribution < 1.29 is 18.1 Å². The topological polar surface area (TPSA) is 94.3 Å². The van der Waals surface area contributed by atoms with Crippen LogP contribution in [0.15, 0.2) is 24.3 Å². The minimum atomic E-state index is -3.51. The minimum Gasteiger partial charge on any atom is -0.293 e. The van der Waals surface area contributed by atoms with Crippen LogP contribution in [0.1, 0.15) is 23.7 Å². The van der Waals surface area contributed by atoms with Gasteiger partial charge in [-0.1, -0.05) is 19.1 Å². The maximum absolute atomic E-state index is 12.0. The van der Waals surface area contributed by atoms with Gasteiger partial charge in [-0.2, -0.15) is 0 Å². The molecule has 98 valence electrons.